The lowest BCUT2D eigenvalue weighted by Gasteiger charge is -2.39. The normalized spacial score (nSPS) is 15.7. The van der Waals surface area contributed by atoms with E-state index in [1.54, 1.807) is 21.3 Å². The van der Waals surface area contributed by atoms with E-state index in [0.717, 1.165) is 49.3 Å². The second-order valence-electron chi connectivity index (χ2n) is 6.69. The van der Waals surface area contributed by atoms with E-state index in [9.17, 15) is 0 Å². The van der Waals surface area contributed by atoms with Gasteiger partial charge < -0.3 is 24.4 Å². The lowest BCUT2D eigenvalue weighted by atomic mass is 9.89. The van der Waals surface area contributed by atoms with E-state index in [4.69, 9.17) is 14.2 Å². The summed E-state index contributed by atoms with van der Waals surface area (Å²) in [5, 5.41) is 3.44. The van der Waals surface area contributed by atoms with E-state index < -0.39 is 0 Å². The molecule has 0 radical (unpaired) electrons. The summed E-state index contributed by atoms with van der Waals surface area (Å²) in [4.78, 5) is 6.49. The molecule has 25 heavy (non-hydrogen) atoms. The van der Waals surface area contributed by atoms with E-state index in [-0.39, 0.29) is 29.4 Å². The minimum absolute atomic E-state index is 0. The number of nitrogens with one attached hydrogen (secondary N) is 1. The Morgan fingerprint density at radius 2 is 1.88 bits per heavy atom. The molecule has 1 aromatic carbocycles. The Labute approximate surface area is 167 Å². The number of hydrogen-bond acceptors (Lipinski definition) is 4. The number of aryl methyl sites for hydroxylation is 1. The van der Waals surface area contributed by atoms with E-state index in [1.807, 2.05) is 19.2 Å². The van der Waals surface area contributed by atoms with Crippen LogP contribution in [-0.2, 0) is 11.3 Å². The highest BCUT2D eigenvalue weighted by Gasteiger charge is 2.33. The zero-order valence-corrected chi connectivity index (χ0v) is 18.3. The number of nitrogens with zero attached hydrogens (tertiary/aromatic N) is 2. The molecular formula is C18H30IN3O3. The van der Waals surface area contributed by atoms with Crippen molar-refractivity contribution in [1.29, 1.82) is 0 Å². The molecule has 0 bridgehead atoms. The molecule has 142 valence electrons. The van der Waals surface area contributed by atoms with Gasteiger partial charge in [0.15, 0.2) is 17.5 Å². The number of halogens is 1. The van der Waals surface area contributed by atoms with Crippen molar-refractivity contribution in [1.82, 2.24) is 10.2 Å². The molecule has 2 rings (SSSR count). The van der Waals surface area contributed by atoms with Gasteiger partial charge in [0, 0.05) is 32.6 Å². The molecule has 1 saturated heterocycles. The first kappa shape index (κ1) is 21.8. The van der Waals surface area contributed by atoms with Gasteiger partial charge in [0.2, 0.25) is 0 Å². The number of aliphatic imine (C=N–C) groups is 1. The highest BCUT2D eigenvalue weighted by atomic mass is 127. The van der Waals surface area contributed by atoms with Crippen LogP contribution in [0.4, 0.5) is 0 Å². The second-order valence-corrected chi connectivity index (χ2v) is 6.69. The lowest BCUT2D eigenvalue weighted by Crippen LogP contribution is -2.51. The number of benzene rings is 1. The fourth-order valence-corrected chi connectivity index (χ4v) is 2.75. The predicted molar refractivity (Wildman–Crippen MR) is 111 cm³/mol. The van der Waals surface area contributed by atoms with Crippen molar-refractivity contribution in [3.63, 3.8) is 0 Å². The summed E-state index contributed by atoms with van der Waals surface area (Å²) in [6.07, 6.45) is 0. The van der Waals surface area contributed by atoms with Crippen LogP contribution in [0.3, 0.4) is 0 Å². The van der Waals surface area contributed by atoms with Crippen LogP contribution in [0.1, 0.15) is 18.1 Å². The molecule has 1 fully saturated rings. The van der Waals surface area contributed by atoms with Crippen molar-refractivity contribution in [2.75, 3.05) is 48.1 Å². The highest BCUT2D eigenvalue weighted by Crippen LogP contribution is 2.30. The molecule has 6 nitrogen and oxygen atoms in total. The summed E-state index contributed by atoms with van der Waals surface area (Å²) in [5.74, 6) is 2.37. The Morgan fingerprint density at radius 3 is 2.36 bits per heavy atom. The average molecular weight is 463 g/mol. The van der Waals surface area contributed by atoms with Crippen LogP contribution >= 0.6 is 24.0 Å². The van der Waals surface area contributed by atoms with Crippen LogP contribution < -0.4 is 14.8 Å². The summed E-state index contributed by atoms with van der Waals surface area (Å²) in [5.41, 5.74) is 2.54. The van der Waals surface area contributed by atoms with Crippen LogP contribution in [0.2, 0.25) is 0 Å². The first-order valence-electron chi connectivity index (χ1n) is 8.13. The van der Waals surface area contributed by atoms with Gasteiger partial charge in [-0.15, -0.1) is 24.0 Å². The van der Waals surface area contributed by atoms with Gasteiger partial charge in [-0.2, -0.15) is 0 Å². The molecule has 1 N–H and O–H groups in total. The third-order valence-electron chi connectivity index (χ3n) is 4.40. The Hall–Kier alpha value is -1.22. The molecule has 0 aliphatic carbocycles. The Balaban J connectivity index is 0.00000312. The first-order valence-corrected chi connectivity index (χ1v) is 8.13. The van der Waals surface area contributed by atoms with Crippen LogP contribution in [-0.4, -0.2) is 58.9 Å². The van der Waals surface area contributed by atoms with E-state index in [2.05, 4.69) is 29.1 Å². The third-order valence-corrected chi connectivity index (χ3v) is 4.40. The third kappa shape index (κ3) is 5.37. The largest absolute Gasteiger partial charge is 0.493 e. The molecule has 0 aromatic heterocycles. The summed E-state index contributed by atoms with van der Waals surface area (Å²) < 4.78 is 16.1. The van der Waals surface area contributed by atoms with Gasteiger partial charge in [0.05, 0.1) is 27.4 Å². The molecule has 0 amide bonds. The van der Waals surface area contributed by atoms with Crippen molar-refractivity contribution in [3.8, 4) is 11.5 Å². The smallest absolute Gasteiger partial charge is 0.193 e. The maximum absolute atomic E-state index is 5.41. The summed E-state index contributed by atoms with van der Waals surface area (Å²) in [6, 6.07) is 4.03. The number of methoxy groups -OCH3 is 2. The molecule has 0 spiro atoms. The maximum Gasteiger partial charge on any atom is 0.193 e. The molecule has 1 heterocycles. The van der Waals surface area contributed by atoms with Gasteiger partial charge in [-0.3, -0.25) is 4.99 Å². The number of rotatable bonds is 6. The quantitative estimate of drug-likeness (QED) is 0.400. The van der Waals surface area contributed by atoms with E-state index in [1.165, 1.54) is 5.56 Å². The van der Waals surface area contributed by atoms with E-state index in [0.29, 0.717) is 0 Å². The topological polar surface area (TPSA) is 55.3 Å². The molecule has 0 atom stereocenters. The van der Waals surface area contributed by atoms with Crippen LogP contribution in [0.15, 0.2) is 17.1 Å². The Kier molecular flexibility index (Phi) is 8.27. The van der Waals surface area contributed by atoms with Gasteiger partial charge >= 0.3 is 0 Å². The Morgan fingerprint density at radius 1 is 1.28 bits per heavy atom. The van der Waals surface area contributed by atoms with Gasteiger partial charge in [-0.25, -0.2) is 0 Å². The summed E-state index contributed by atoms with van der Waals surface area (Å²) in [6.45, 7) is 7.49. The maximum atomic E-state index is 5.41. The second kappa shape index (κ2) is 9.47. The molecular weight excluding hydrogens is 433 g/mol. The van der Waals surface area contributed by atoms with Gasteiger partial charge in [-0.1, -0.05) is 6.92 Å². The van der Waals surface area contributed by atoms with Gasteiger partial charge in [-0.05, 0) is 30.2 Å². The lowest BCUT2D eigenvalue weighted by molar-refractivity contribution is -0.0972. The fraction of sp³-hybridized carbons (Fsp3) is 0.611. The van der Waals surface area contributed by atoms with Gasteiger partial charge in [0.1, 0.15) is 0 Å². The zero-order chi connectivity index (χ0) is 17.7. The monoisotopic (exact) mass is 463 g/mol. The van der Waals surface area contributed by atoms with Crippen LogP contribution in [0.5, 0.6) is 11.5 Å². The minimum Gasteiger partial charge on any atom is -0.493 e. The summed E-state index contributed by atoms with van der Waals surface area (Å²) in [7, 11) is 7.15. The van der Waals surface area contributed by atoms with Crippen LogP contribution in [0.25, 0.3) is 0 Å². The first-order chi connectivity index (χ1) is 11.4. The van der Waals surface area contributed by atoms with E-state index >= 15 is 0 Å². The highest BCUT2D eigenvalue weighted by molar-refractivity contribution is 14.0. The van der Waals surface area contributed by atoms with Crippen molar-refractivity contribution in [3.05, 3.63) is 23.3 Å². The predicted octanol–water partition coefficient (Wildman–Crippen LogP) is 2.67. The average Bonchev–Trinajstić information content (AvgIpc) is 2.55. The molecule has 7 heteroatoms. The SMILES string of the molecule is CN=C(NCC1(C)COC1)N(C)Cc1cc(OC)c(OC)cc1C.I. The van der Waals surface area contributed by atoms with Crippen molar-refractivity contribution >= 4 is 29.9 Å². The standard InChI is InChI=1S/C18H29N3O3.HI/c1-13-7-15(22-5)16(23-6)8-14(13)9-21(4)17(19-3)20-10-18(2)11-24-12-18;/h7-8H,9-12H2,1-6H3,(H,19,20);1H. The van der Waals surface area contributed by atoms with Crippen molar-refractivity contribution < 1.29 is 14.2 Å². The molecule has 0 saturated carbocycles. The zero-order valence-electron chi connectivity index (χ0n) is 16.0. The molecule has 0 unspecified atom stereocenters. The molecule has 1 aliphatic rings. The number of hydrogen-bond donors (Lipinski definition) is 1. The fourth-order valence-electron chi connectivity index (χ4n) is 2.75. The van der Waals surface area contributed by atoms with Crippen LogP contribution in [0, 0.1) is 12.3 Å². The summed E-state index contributed by atoms with van der Waals surface area (Å²) >= 11 is 0. The Bertz CT molecular complexity index is 603. The minimum atomic E-state index is 0. The van der Waals surface area contributed by atoms with Crippen molar-refractivity contribution in [2.45, 2.75) is 20.4 Å². The number of guanidine groups is 1. The van der Waals surface area contributed by atoms with Gasteiger partial charge in [0.25, 0.3) is 0 Å². The van der Waals surface area contributed by atoms with Crippen molar-refractivity contribution in [2.24, 2.45) is 10.4 Å². The number of ether oxygens (including phenoxy) is 3. The molecule has 1 aromatic rings. The molecule has 1 aliphatic heterocycles.